The second-order valence-electron chi connectivity index (χ2n) is 3.14. The van der Waals surface area contributed by atoms with E-state index >= 15 is 0 Å². The van der Waals surface area contributed by atoms with Gasteiger partial charge in [-0.2, -0.15) is 0 Å². The molecule has 0 bridgehead atoms. The van der Waals surface area contributed by atoms with Crippen molar-refractivity contribution in [3.05, 3.63) is 20.3 Å². The molecule has 2 N–H and O–H groups in total. The molecule has 0 saturated heterocycles. The molecule has 1 unspecified atom stereocenters. The maximum atomic E-state index is 5.69. The predicted octanol–water partition coefficient (Wildman–Crippen LogP) is 3.10. The van der Waals surface area contributed by atoms with E-state index in [1.165, 1.54) is 14.2 Å². The number of halogens is 1. The van der Waals surface area contributed by atoms with Gasteiger partial charge >= 0.3 is 0 Å². The highest BCUT2D eigenvalue weighted by atomic mass is 79.9. The lowest BCUT2D eigenvalue weighted by Crippen LogP contribution is -2.15. The highest BCUT2D eigenvalue weighted by molar-refractivity contribution is 9.10. The fraction of sp³-hybridized carbons (Fsp3) is 0.556. The molecule has 0 fully saturated rings. The first-order chi connectivity index (χ1) is 5.59. The zero-order valence-corrected chi connectivity index (χ0v) is 9.83. The summed E-state index contributed by atoms with van der Waals surface area (Å²) in [6, 6.07) is 2.47. The van der Waals surface area contributed by atoms with Crippen molar-refractivity contribution in [2.75, 3.05) is 0 Å². The molecule has 0 aliphatic carbocycles. The van der Waals surface area contributed by atoms with E-state index in [9.17, 15) is 0 Å². The van der Waals surface area contributed by atoms with E-state index in [0.717, 1.165) is 12.8 Å². The van der Waals surface area contributed by atoms with E-state index in [1.54, 1.807) is 0 Å². The zero-order valence-electron chi connectivity index (χ0n) is 7.43. The summed E-state index contributed by atoms with van der Waals surface area (Å²) in [4.78, 5) is 2.78. The first kappa shape index (κ1) is 10.2. The molecule has 1 rings (SSSR count). The van der Waals surface area contributed by atoms with Crippen LogP contribution in [0.1, 0.15) is 23.1 Å². The number of hydrogen-bond donors (Lipinski definition) is 1. The highest BCUT2D eigenvalue weighted by Gasteiger charge is 2.04. The molecule has 1 aromatic rings. The summed E-state index contributed by atoms with van der Waals surface area (Å²) in [6.07, 6.45) is 2.16. The maximum absolute atomic E-state index is 5.69. The van der Waals surface area contributed by atoms with Crippen molar-refractivity contribution in [1.29, 1.82) is 0 Å². The van der Waals surface area contributed by atoms with Crippen LogP contribution in [0.5, 0.6) is 0 Å². The van der Waals surface area contributed by atoms with E-state index in [0.29, 0.717) is 6.04 Å². The van der Waals surface area contributed by atoms with Gasteiger partial charge in [0.25, 0.3) is 0 Å². The SMILES string of the molecule is Cc1cc(Br)c(CCC(C)N)s1. The van der Waals surface area contributed by atoms with Crippen molar-refractivity contribution >= 4 is 27.3 Å². The molecule has 3 heteroatoms. The van der Waals surface area contributed by atoms with Gasteiger partial charge in [-0.3, -0.25) is 0 Å². The molecule has 0 amide bonds. The van der Waals surface area contributed by atoms with Gasteiger partial charge in [0.15, 0.2) is 0 Å². The number of nitrogens with two attached hydrogens (primary N) is 1. The van der Waals surface area contributed by atoms with Crippen LogP contribution in [0.3, 0.4) is 0 Å². The first-order valence-electron chi connectivity index (χ1n) is 4.10. The second kappa shape index (κ2) is 4.40. The molecule has 1 heterocycles. The fourth-order valence-electron chi connectivity index (χ4n) is 1.06. The van der Waals surface area contributed by atoms with Crippen LogP contribution >= 0.6 is 27.3 Å². The normalized spacial score (nSPS) is 13.3. The molecule has 1 nitrogen and oxygen atoms in total. The van der Waals surface area contributed by atoms with E-state index < -0.39 is 0 Å². The lowest BCUT2D eigenvalue weighted by atomic mass is 10.2. The van der Waals surface area contributed by atoms with Crippen LogP contribution in [0.4, 0.5) is 0 Å². The lowest BCUT2D eigenvalue weighted by Gasteiger charge is -2.02. The molecule has 0 aromatic carbocycles. The minimum atomic E-state index is 0.305. The first-order valence-corrected chi connectivity index (χ1v) is 5.71. The molecule has 1 atom stereocenters. The topological polar surface area (TPSA) is 26.0 Å². The summed E-state index contributed by atoms with van der Waals surface area (Å²) in [5, 5.41) is 0. The van der Waals surface area contributed by atoms with E-state index in [4.69, 9.17) is 5.73 Å². The predicted molar refractivity (Wildman–Crippen MR) is 58.7 cm³/mol. The van der Waals surface area contributed by atoms with E-state index in [-0.39, 0.29) is 0 Å². The number of hydrogen-bond acceptors (Lipinski definition) is 2. The van der Waals surface area contributed by atoms with Crippen LogP contribution in [-0.2, 0) is 6.42 Å². The van der Waals surface area contributed by atoms with Crippen LogP contribution in [0.2, 0.25) is 0 Å². The Morgan fingerprint density at radius 1 is 1.67 bits per heavy atom. The Hall–Kier alpha value is 0.140. The van der Waals surface area contributed by atoms with Gasteiger partial charge in [0.05, 0.1) is 0 Å². The standard InChI is InChI=1S/C9H14BrNS/c1-6(11)3-4-9-8(10)5-7(2)12-9/h5-6H,3-4,11H2,1-2H3. The summed E-state index contributed by atoms with van der Waals surface area (Å²) in [5.41, 5.74) is 5.69. The Balaban J connectivity index is 2.57. The molecule has 12 heavy (non-hydrogen) atoms. The van der Waals surface area contributed by atoms with Crippen molar-refractivity contribution in [3.8, 4) is 0 Å². The highest BCUT2D eigenvalue weighted by Crippen LogP contribution is 2.27. The van der Waals surface area contributed by atoms with Crippen LogP contribution < -0.4 is 5.73 Å². The minimum Gasteiger partial charge on any atom is -0.328 e. The molecule has 0 spiro atoms. The summed E-state index contributed by atoms with van der Waals surface area (Å²) in [5.74, 6) is 0. The zero-order chi connectivity index (χ0) is 9.14. The Labute approximate surface area is 86.1 Å². The molecule has 1 aromatic heterocycles. The Morgan fingerprint density at radius 3 is 2.75 bits per heavy atom. The third-order valence-corrected chi connectivity index (χ3v) is 3.79. The summed E-state index contributed by atoms with van der Waals surface area (Å²) in [6.45, 7) is 4.18. The smallest absolute Gasteiger partial charge is 0.0317 e. The third-order valence-electron chi connectivity index (χ3n) is 1.71. The van der Waals surface area contributed by atoms with Crippen molar-refractivity contribution in [1.82, 2.24) is 0 Å². The van der Waals surface area contributed by atoms with Gasteiger partial charge in [-0.15, -0.1) is 11.3 Å². The molecule has 0 saturated carbocycles. The fourth-order valence-corrected chi connectivity index (χ4v) is 2.94. The average Bonchev–Trinajstić information content (AvgIpc) is 2.26. The summed E-state index contributed by atoms with van der Waals surface area (Å²) < 4.78 is 1.24. The minimum absolute atomic E-state index is 0.305. The van der Waals surface area contributed by atoms with E-state index in [2.05, 4.69) is 28.9 Å². The average molecular weight is 248 g/mol. The number of rotatable bonds is 3. The Morgan fingerprint density at radius 2 is 2.33 bits per heavy atom. The Kier molecular flexibility index (Phi) is 3.75. The van der Waals surface area contributed by atoms with Gasteiger partial charge in [0.2, 0.25) is 0 Å². The van der Waals surface area contributed by atoms with Gasteiger partial charge in [0, 0.05) is 20.3 Å². The molecule has 0 aliphatic rings. The van der Waals surface area contributed by atoms with Gasteiger partial charge in [-0.05, 0) is 48.7 Å². The van der Waals surface area contributed by atoms with Gasteiger partial charge in [0.1, 0.15) is 0 Å². The molecular weight excluding hydrogens is 234 g/mol. The van der Waals surface area contributed by atoms with Crippen LogP contribution in [0.15, 0.2) is 10.5 Å². The van der Waals surface area contributed by atoms with E-state index in [1.807, 2.05) is 18.3 Å². The Bertz CT molecular complexity index is 255. The number of thiophene rings is 1. The van der Waals surface area contributed by atoms with Crippen LogP contribution in [0, 0.1) is 6.92 Å². The molecule has 0 radical (unpaired) electrons. The van der Waals surface area contributed by atoms with Crippen LogP contribution in [-0.4, -0.2) is 6.04 Å². The third kappa shape index (κ3) is 2.88. The van der Waals surface area contributed by atoms with Crippen molar-refractivity contribution in [2.24, 2.45) is 5.73 Å². The monoisotopic (exact) mass is 247 g/mol. The second-order valence-corrected chi connectivity index (χ2v) is 5.34. The van der Waals surface area contributed by atoms with Gasteiger partial charge in [-0.1, -0.05) is 0 Å². The van der Waals surface area contributed by atoms with Crippen molar-refractivity contribution in [2.45, 2.75) is 32.7 Å². The summed E-state index contributed by atoms with van der Waals surface area (Å²) in [7, 11) is 0. The van der Waals surface area contributed by atoms with Crippen LogP contribution in [0.25, 0.3) is 0 Å². The van der Waals surface area contributed by atoms with Gasteiger partial charge < -0.3 is 5.73 Å². The van der Waals surface area contributed by atoms with Gasteiger partial charge in [-0.25, -0.2) is 0 Å². The lowest BCUT2D eigenvalue weighted by molar-refractivity contribution is 0.669. The van der Waals surface area contributed by atoms with Crippen molar-refractivity contribution < 1.29 is 0 Å². The largest absolute Gasteiger partial charge is 0.328 e. The molecule has 68 valence electrons. The maximum Gasteiger partial charge on any atom is 0.0317 e. The molecule has 0 aliphatic heterocycles. The quantitative estimate of drug-likeness (QED) is 0.873. The molecular formula is C9H14BrNS. The van der Waals surface area contributed by atoms with Crippen molar-refractivity contribution in [3.63, 3.8) is 0 Å². The number of aryl methyl sites for hydroxylation is 2. The summed E-state index contributed by atoms with van der Waals surface area (Å²) >= 11 is 5.39.